The summed E-state index contributed by atoms with van der Waals surface area (Å²) >= 11 is 7.76. The Labute approximate surface area is 227 Å². The molecule has 0 bridgehead atoms. The fourth-order valence-electron chi connectivity index (χ4n) is 4.37. The highest BCUT2D eigenvalue weighted by atomic mass is 35.5. The molecule has 9 heteroatoms. The van der Waals surface area contributed by atoms with Crippen molar-refractivity contribution in [2.75, 3.05) is 18.4 Å². The zero-order valence-electron chi connectivity index (χ0n) is 22.1. The van der Waals surface area contributed by atoms with E-state index in [4.69, 9.17) is 21.3 Å². The summed E-state index contributed by atoms with van der Waals surface area (Å²) < 4.78 is 7.76. The summed E-state index contributed by atoms with van der Waals surface area (Å²) in [5.74, 6) is 0.270. The van der Waals surface area contributed by atoms with Gasteiger partial charge in [0.1, 0.15) is 5.60 Å². The molecule has 2 heterocycles. The number of imidazole rings is 1. The van der Waals surface area contributed by atoms with Crippen molar-refractivity contribution in [3.63, 3.8) is 0 Å². The van der Waals surface area contributed by atoms with E-state index in [1.807, 2.05) is 71.0 Å². The zero-order chi connectivity index (χ0) is 26.7. The Hall–Kier alpha value is -2.71. The minimum Gasteiger partial charge on any atom is -0.444 e. The maximum atomic E-state index is 13.0. The second kappa shape index (κ2) is 11.4. The van der Waals surface area contributed by atoms with E-state index in [0.717, 1.165) is 41.1 Å². The van der Waals surface area contributed by atoms with Gasteiger partial charge in [-0.1, -0.05) is 41.6 Å². The lowest BCUT2D eigenvalue weighted by Gasteiger charge is -2.33. The Balaban J connectivity index is 1.44. The molecule has 1 aliphatic rings. The summed E-state index contributed by atoms with van der Waals surface area (Å²) in [6.45, 7) is 11.6. The largest absolute Gasteiger partial charge is 0.444 e. The Morgan fingerprint density at radius 2 is 1.89 bits per heavy atom. The molecular formula is C28H35ClN4O3S. The van der Waals surface area contributed by atoms with Gasteiger partial charge in [0.2, 0.25) is 5.91 Å². The predicted molar refractivity (Wildman–Crippen MR) is 150 cm³/mol. The van der Waals surface area contributed by atoms with E-state index in [0.29, 0.717) is 29.7 Å². The van der Waals surface area contributed by atoms with Crippen molar-refractivity contribution in [1.82, 2.24) is 14.5 Å². The summed E-state index contributed by atoms with van der Waals surface area (Å²) in [4.78, 5) is 32.1. The molecule has 7 nitrogen and oxygen atoms in total. The van der Waals surface area contributed by atoms with E-state index in [9.17, 15) is 9.59 Å². The van der Waals surface area contributed by atoms with Gasteiger partial charge in [0.15, 0.2) is 5.16 Å². The Morgan fingerprint density at radius 1 is 1.19 bits per heavy atom. The highest BCUT2D eigenvalue weighted by Gasteiger charge is 2.28. The number of piperidine rings is 1. The monoisotopic (exact) mass is 542 g/mol. The third-order valence-corrected chi connectivity index (χ3v) is 7.76. The zero-order valence-corrected chi connectivity index (χ0v) is 23.7. The maximum Gasteiger partial charge on any atom is 0.410 e. The van der Waals surface area contributed by atoms with Crippen molar-refractivity contribution in [3.8, 4) is 0 Å². The van der Waals surface area contributed by atoms with Gasteiger partial charge in [0, 0.05) is 19.6 Å². The normalized spacial score (nSPS) is 15.6. The van der Waals surface area contributed by atoms with Crippen LogP contribution in [-0.4, -0.2) is 50.4 Å². The number of nitrogens with zero attached hydrogens (tertiary/aromatic N) is 3. The van der Waals surface area contributed by atoms with Crippen LogP contribution in [0.3, 0.4) is 0 Å². The van der Waals surface area contributed by atoms with Crippen LogP contribution < -0.4 is 5.32 Å². The lowest BCUT2D eigenvalue weighted by Crippen LogP contribution is -2.42. The number of carbonyl (C=O) groups excluding carboxylic acids is 2. The van der Waals surface area contributed by atoms with E-state index >= 15 is 0 Å². The lowest BCUT2D eigenvalue weighted by molar-refractivity contribution is -0.115. The number of nitrogens with one attached hydrogen (secondary N) is 1. The molecule has 1 aliphatic heterocycles. The smallest absolute Gasteiger partial charge is 0.410 e. The van der Waals surface area contributed by atoms with Gasteiger partial charge in [0.25, 0.3) is 0 Å². The van der Waals surface area contributed by atoms with E-state index < -0.39 is 5.60 Å². The molecule has 4 rings (SSSR count). The number of para-hydroxylation sites is 2. The Kier molecular flexibility index (Phi) is 8.39. The van der Waals surface area contributed by atoms with Crippen molar-refractivity contribution in [2.45, 2.75) is 70.0 Å². The van der Waals surface area contributed by atoms with Gasteiger partial charge in [-0.25, -0.2) is 9.78 Å². The molecule has 2 amide bonds. The molecule has 0 radical (unpaired) electrons. The molecule has 2 aromatic carbocycles. The first-order chi connectivity index (χ1) is 17.5. The summed E-state index contributed by atoms with van der Waals surface area (Å²) in [5, 5.41) is 3.91. The van der Waals surface area contributed by atoms with Gasteiger partial charge in [-0.05, 0) is 83.2 Å². The molecule has 198 valence electrons. The average Bonchev–Trinajstić information content (AvgIpc) is 3.17. The molecule has 37 heavy (non-hydrogen) atoms. The number of hydrogen-bond donors (Lipinski definition) is 1. The highest BCUT2D eigenvalue weighted by Crippen LogP contribution is 2.31. The van der Waals surface area contributed by atoms with E-state index in [1.54, 1.807) is 4.90 Å². The number of benzene rings is 2. The molecule has 1 fully saturated rings. The molecular weight excluding hydrogens is 508 g/mol. The number of fused-ring (bicyclic) bond motifs is 1. The number of aryl methyl sites for hydroxylation is 1. The second-order valence-electron chi connectivity index (χ2n) is 10.6. The first-order valence-electron chi connectivity index (χ1n) is 12.7. The van der Waals surface area contributed by atoms with Gasteiger partial charge in [-0.3, -0.25) is 4.79 Å². The van der Waals surface area contributed by atoms with Crippen molar-refractivity contribution < 1.29 is 14.3 Å². The molecule has 1 unspecified atom stereocenters. The van der Waals surface area contributed by atoms with Crippen LogP contribution in [0.1, 0.15) is 46.1 Å². The van der Waals surface area contributed by atoms with Crippen LogP contribution in [0.2, 0.25) is 5.02 Å². The minimum absolute atomic E-state index is 0.125. The quantitative estimate of drug-likeness (QED) is 0.348. The topological polar surface area (TPSA) is 76.5 Å². The third-order valence-electron chi connectivity index (χ3n) is 6.36. The standard InChI is InChI=1S/C28H35ClN4O3S/c1-18-10-11-22(21(29)16-18)30-25(34)19(2)37-26-31-23-8-6-7-9-24(23)33(26)17-20-12-14-32(15-13-20)27(35)36-28(3,4)5/h6-11,16,19-20H,12-15,17H2,1-5H3,(H,30,34). The Bertz CT molecular complexity index is 1280. The molecule has 0 aliphatic carbocycles. The molecule has 1 atom stereocenters. The average molecular weight is 543 g/mol. The summed E-state index contributed by atoms with van der Waals surface area (Å²) in [6.07, 6.45) is 1.53. The van der Waals surface area contributed by atoms with Crippen molar-refractivity contribution in [1.29, 1.82) is 0 Å². The fourth-order valence-corrected chi connectivity index (χ4v) is 5.59. The number of hydrogen-bond acceptors (Lipinski definition) is 5. The Morgan fingerprint density at radius 3 is 2.57 bits per heavy atom. The van der Waals surface area contributed by atoms with Crippen LogP contribution in [0.5, 0.6) is 0 Å². The molecule has 1 saturated heterocycles. The molecule has 1 aromatic heterocycles. The lowest BCUT2D eigenvalue weighted by atomic mass is 9.97. The van der Waals surface area contributed by atoms with Gasteiger partial charge < -0.3 is 19.5 Å². The number of likely N-dealkylation sites (tertiary alicyclic amines) is 1. The van der Waals surface area contributed by atoms with Crippen molar-refractivity contribution in [2.24, 2.45) is 5.92 Å². The number of thioether (sulfide) groups is 1. The number of carbonyl (C=O) groups is 2. The first kappa shape index (κ1) is 27.3. The fraction of sp³-hybridized carbons (Fsp3) is 0.464. The van der Waals surface area contributed by atoms with Crippen LogP contribution in [0.15, 0.2) is 47.6 Å². The summed E-state index contributed by atoms with van der Waals surface area (Å²) in [5.41, 5.74) is 3.11. The van der Waals surface area contributed by atoms with Crippen LogP contribution in [0.4, 0.5) is 10.5 Å². The number of amides is 2. The van der Waals surface area contributed by atoms with Crippen LogP contribution in [0.25, 0.3) is 11.0 Å². The van der Waals surface area contributed by atoms with Crippen molar-refractivity contribution in [3.05, 3.63) is 53.1 Å². The van der Waals surface area contributed by atoms with Gasteiger partial charge in [-0.2, -0.15) is 0 Å². The number of rotatable bonds is 6. The predicted octanol–water partition coefficient (Wildman–Crippen LogP) is 6.76. The van der Waals surface area contributed by atoms with E-state index in [2.05, 4.69) is 16.0 Å². The van der Waals surface area contributed by atoms with E-state index in [1.165, 1.54) is 11.8 Å². The summed E-state index contributed by atoms with van der Waals surface area (Å²) in [6, 6.07) is 13.6. The van der Waals surface area contributed by atoms with Gasteiger partial charge in [-0.15, -0.1) is 0 Å². The van der Waals surface area contributed by atoms with Gasteiger partial charge in [0.05, 0.1) is 27.0 Å². The highest BCUT2D eigenvalue weighted by molar-refractivity contribution is 8.00. The SMILES string of the molecule is Cc1ccc(NC(=O)C(C)Sc2nc3ccccc3n2CC2CCN(C(=O)OC(C)(C)C)CC2)c(Cl)c1. The number of halogens is 1. The molecule has 0 saturated carbocycles. The van der Waals surface area contributed by atoms with E-state index in [-0.39, 0.29) is 17.3 Å². The molecule has 3 aromatic rings. The number of ether oxygens (including phenoxy) is 1. The number of aromatic nitrogens is 2. The first-order valence-corrected chi connectivity index (χ1v) is 13.9. The third kappa shape index (κ3) is 6.99. The number of anilines is 1. The van der Waals surface area contributed by atoms with Crippen LogP contribution >= 0.6 is 23.4 Å². The van der Waals surface area contributed by atoms with Crippen LogP contribution in [-0.2, 0) is 16.1 Å². The maximum absolute atomic E-state index is 13.0. The molecule has 0 spiro atoms. The molecule has 1 N–H and O–H groups in total. The van der Waals surface area contributed by atoms with Crippen LogP contribution in [0, 0.1) is 12.8 Å². The summed E-state index contributed by atoms with van der Waals surface area (Å²) in [7, 11) is 0. The van der Waals surface area contributed by atoms with Crippen molar-refractivity contribution >= 4 is 52.1 Å². The minimum atomic E-state index is -0.496. The second-order valence-corrected chi connectivity index (χ2v) is 12.4. The van der Waals surface area contributed by atoms with Gasteiger partial charge >= 0.3 is 6.09 Å².